The average molecular weight is 264 g/mol. The first kappa shape index (κ1) is 15.5. The molecule has 0 bridgehead atoms. The van der Waals surface area contributed by atoms with Gasteiger partial charge < -0.3 is 15.4 Å². The van der Waals surface area contributed by atoms with E-state index in [4.69, 9.17) is 4.74 Å². The molecule has 0 saturated carbocycles. The van der Waals surface area contributed by atoms with E-state index in [0.29, 0.717) is 19.1 Å². The smallest absolute Gasteiger partial charge is 0.219 e. The van der Waals surface area contributed by atoms with E-state index in [1.54, 1.807) is 7.05 Å². The minimum atomic E-state index is 0.0542. The zero-order valence-corrected chi connectivity index (χ0v) is 12.2. The number of nitrogens with one attached hydrogen (secondary N) is 2. The second-order valence-corrected chi connectivity index (χ2v) is 4.66. The SMILES string of the molecule is CNC(=O)CCCOc1ccc(C(C)NC)cc1C. The van der Waals surface area contributed by atoms with E-state index in [-0.39, 0.29) is 5.91 Å². The van der Waals surface area contributed by atoms with Crippen molar-refractivity contribution in [2.75, 3.05) is 20.7 Å². The molecule has 1 aromatic rings. The maximum absolute atomic E-state index is 11.1. The van der Waals surface area contributed by atoms with Gasteiger partial charge >= 0.3 is 0 Å². The molecule has 1 unspecified atom stereocenters. The van der Waals surface area contributed by atoms with Crippen LogP contribution in [0.5, 0.6) is 5.75 Å². The van der Waals surface area contributed by atoms with Crippen molar-refractivity contribution >= 4 is 5.91 Å². The fraction of sp³-hybridized carbons (Fsp3) is 0.533. The highest BCUT2D eigenvalue weighted by Crippen LogP contribution is 2.22. The minimum absolute atomic E-state index is 0.0542. The van der Waals surface area contributed by atoms with Crippen molar-refractivity contribution < 1.29 is 9.53 Å². The van der Waals surface area contributed by atoms with Crippen molar-refractivity contribution in [3.8, 4) is 5.75 Å². The molecule has 0 saturated heterocycles. The molecule has 0 heterocycles. The molecule has 0 radical (unpaired) electrons. The van der Waals surface area contributed by atoms with E-state index >= 15 is 0 Å². The molecule has 1 rings (SSSR count). The normalized spacial score (nSPS) is 12.0. The van der Waals surface area contributed by atoms with Crippen LogP contribution in [0.25, 0.3) is 0 Å². The first-order valence-electron chi connectivity index (χ1n) is 6.69. The zero-order chi connectivity index (χ0) is 14.3. The van der Waals surface area contributed by atoms with Crippen molar-refractivity contribution in [3.05, 3.63) is 29.3 Å². The summed E-state index contributed by atoms with van der Waals surface area (Å²) >= 11 is 0. The van der Waals surface area contributed by atoms with Gasteiger partial charge in [0.05, 0.1) is 6.61 Å². The maximum Gasteiger partial charge on any atom is 0.219 e. The van der Waals surface area contributed by atoms with Gasteiger partial charge in [0.25, 0.3) is 0 Å². The lowest BCUT2D eigenvalue weighted by Crippen LogP contribution is -2.18. The van der Waals surface area contributed by atoms with Crippen molar-refractivity contribution in [2.45, 2.75) is 32.7 Å². The third-order valence-electron chi connectivity index (χ3n) is 3.22. The molecule has 1 amide bonds. The Morgan fingerprint density at radius 3 is 2.68 bits per heavy atom. The summed E-state index contributed by atoms with van der Waals surface area (Å²) in [5, 5.41) is 5.81. The van der Waals surface area contributed by atoms with Gasteiger partial charge in [0.1, 0.15) is 5.75 Å². The Morgan fingerprint density at radius 1 is 1.37 bits per heavy atom. The lowest BCUT2D eigenvalue weighted by Gasteiger charge is -2.14. The Morgan fingerprint density at radius 2 is 2.11 bits per heavy atom. The highest BCUT2D eigenvalue weighted by atomic mass is 16.5. The van der Waals surface area contributed by atoms with Crippen LogP contribution in [0.15, 0.2) is 18.2 Å². The van der Waals surface area contributed by atoms with Crippen LogP contribution in [-0.4, -0.2) is 26.6 Å². The molecular formula is C15H24N2O2. The molecule has 0 spiro atoms. The Labute approximate surface area is 115 Å². The zero-order valence-electron chi connectivity index (χ0n) is 12.2. The number of benzene rings is 1. The number of hydrogen-bond acceptors (Lipinski definition) is 3. The summed E-state index contributed by atoms with van der Waals surface area (Å²) in [6.07, 6.45) is 1.23. The molecule has 4 nitrogen and oxygen atoms in total. The largest absolute Gasteiger partial charge is 0.493 e. The van der Waals surface area contributed by atoms with Gasteiger partial charge in [0.2, 0.25) is 5.91 Å². The van der Waals surface area contributed by atoms with Crippen LogP contribution in [0, 0.1) is 6.92 Å². The fourth-order valence-corrected chi connectivity index (χ4v) is 1.81. The van der Waals surface area contributed by atoms with Crippen LogP contribution >= 0.6 is 0 Å². The third kappa shape index (κ3) is 4.91. The van der Waals surface area contributed by atoms with Crippen LogP contribution in [0.4, 0.5) is 0 Å². The molecule has 0 aliphatic heterocycles. The predicted molar refractivity (Wildman–Crippen MR) is 77.4 cm³/mol. The molecule has 0 fully saturated rings. The van der Waals surface area contributed by atoms with E-state index in [2.05, 4.69) is 29.7 Å². The van der Waals surface area contributed by atoms with E-state index in [0.717, 1.165) is 17.7 Å². The molecule has 2 N–H and O–H groups in total. The summed E-state index contributed by atoms with van der Waals surface area (Å²) < 4.78 is 5.70. The van der Waals surface area contributed by atoms with E-state index in [1.165, 1.54) is 5.56 Å². The van der Waals surface area contributed by atoms with Gasteiger partial charge in [-0.1, -0.05) is 12.1 Å². The second-order valence-electron chi connectivity index (χ2n) is 4.66. The summed E-state index contributed by atoms with van der Waals surface area (Å²) in [5.41, 5.74) is 2.37. The molecule has 0 aliphatic carbocycles. The number of hydrogen-bond donors (Lipinski definition) is 2. The van der Waals surface area contributed by atoms with Crippen LogP contribution in [0.1, 0.15) is 36.9 Å². The van der Waals surface area contributed by atoms with Gasteiger partial charge in [0.15, 0.2) is 0 Å². The first-order chi connectivity index (χ1) is 9.08. The Hall–Kier alpha value is -1.55. The Bertz CT molecular complexity index is 419. The third-order valence-corrected chi connectivity index (χ3v) is 3.22. The van der Waals surface area contributed by atoms with Crippen LogP contribution in [0.3, 0.4) is 0 Å². The van der Waals surface area contributed by atoms with Crippen molar-refractivity contribution in [3.63, 3.8) is 0 Å². The fourth-order valence-electron chi connectivity index (χ4n) is 1.81. The van der Waals surface area contributed by atoms with Gasteiger partial charge in [0, 0.05) is 19.5 Å². The maximum atomic E-state index is 11.1. The van der Waals surface area contributed by atoms with Gasteiger partial charge in [-0.3, -0.25) is 4.79 Å². The molecule has 106 valence electrons. The van der Waals surface area contributed by atoms with Crippen LogP contribution in [-0.2, 0) is 4.79 Å². The molecule has 1 atom stereocenters. The van der Waals surface area contributed by atoms with Crippen molar-refractivity contribution in [1.82, 2.24) is 10.6 Å². The quantitative estimate of drug-likeness (QED) is 0.742. The van der Waals surface area contributed by atoms with Gasteiger partial charge in [-0.2, -0.15) is 0 Å². The Kier molecular flexibility index (Phi) is 6.36. The monoisotopic (exact) mass is 264 g/mol. The van der Waals surface area contributed by atoms with Crippen LogP contribution in [0.2, 0.25) is 0 Å². The number of rotatable bonds is 7. The molecule has 4 heteroatoms. The highest BCUT2D eigenvalue weighted by Gasteiger charge is 2.06. The topological polar surface area (TPSA) is 50.4 Å². The van der Waals surface area contributed by atoms with Crippen molar-refractivity contribution in [1.29, 1.82) is 0 Å². The Balaban J connectivity index is 2.49. The minimum Gasteiger partial charge on any atom is -0.493 e. The molecule has 0 aromatic heterocycles. The molecular weight excluding hydrogens is 240 g/mol. The number of carbonyl (C=O) groups excluding carboxylic acids is 1. The van der Waals surface area contributed by atoms with E-state index in [1.807, 2.05) is 20.0 Å². The van der Waals surface area contributed by atoms with E-state index in [9.17, 15) is 4.79 Å². The van der Waals surface area contributed by atoms with Gasteiger partial charge in [-0.25, -0.2) is 0 Å². The number of carbonyl (C=O) groups is 1. The molecule has 0 aliphatic rings. The molecule has 19 heavy (non-hydrogen) atoms. The lowest BCUT2D eigenvalue weighted by atomic mass is 10.1. The van der Waals surface area contributed by atoms with Crippen molar-refractivity contribution in [2.24, 2.45) is 0 Å². The van der Waals surface area contributed by atoms with Gasteiger partial charge in [-0.05, 0) is 44.5 Å². The number of aryl methyl sites for hydroxylation is 1. The summed E-state index contributed by atoms with van der Waals surface area (Å²) in [6.45, 7) is 4.73. The second kappa shape index (κ2) is 7.79. The number of ether oxygens (including phenoxy) is 1. The first-order valence-corrected chi connectivity index (χ1v) is 6.69. The summed E-state index contributed by atoms with van der Waals surface area (Å²) in [7, 11) is 3.60. The summed E-state index contributed by atoms with van der Waals surface area (Å²) in [5.74, 6) is 0.947. The van der Waals surface area contributed by atoms with E-state index < -0.39 is 0 Å². The lowest BCUT2D eigenvalue weighted by molar-refractivity contribution is -0.120. The highest BCUT2D eigenvalue weighted by molar-refractivity contribution is 5.75. The summed E-state index contributed by atoms with van der Waals surface area (Å²) in [6, 6.07) is 6.54. The molecule has 1 aromatic carbocycles. The average Bonchev–Trinajstić information content (AvgIpc) is 2.43. The number of amides is 1. The van der Waals surface area contributed by atoms with Crippen LogP contribution < -0.4 is 15.4 Å². The summed E-state index contributed by atoms with van der Waals surface area (Å²) in [4.78, 5) is 11.1. The standard InChI is InChI=1S/C15H24N2O2/c1-11-10-13(12(2)16-3)7-8-14(11)19-9-5-6-15(18)17-4/h7-8,10,12,16H,5-6,9H2,1-4H3,(H,17,18). The predicted octanol–water partition coefficient (Wildman–Crippen LogP) is 2.18. The van der Waals surface area contributed by atoms with Gasteiger partial charge in [-0.15, -0.1) is 0 Å².